The summed E-state index contributed by atoms with van der Waals surface area (Å²) in [7, 11) is 0. The predicted molar refractivity (Wildman–Crippen MR) is 87.2 cm³/mol. The van der Waals surface area contributed by atoms with Crippen LogP contribution in [0.25, 0.3) is 0 Å². The Morgan fingerprint density at radius 2 is 1.21 bits per heavy atom. The SMILES string of the molecule is O=C1CCCC(CCC(O)CCC(O)CCC2CCCC(=O)O2)O1. The van der Waals surface area contributed by atoms with Crippen LogP contribution in [0.5, 0.6) is 0 Å². The van der Waals surface area contributed by atoms with Gasteiger partial charge in [-0.25, -0.2) is 0 Å². The third kappa shape index (κ3) is 7.18. The summed E-state index contributed by atoms with van der Waals surface area (Å²) >= 11 is 0. The molecule has 0 aromatic rings. The lowest BCUT2D eigenvalue weighted by molar-refractivity contribution is -0.155. The third-order valence-electron chi connectivity index (χ3n) is 4.89. The van der Waals surface area contributed by atoms with Crippen molar-refractivity contribution in [1.82, 2.24) is 0 Å². The van der Waals surface area contributed by atoms with Gasteiger partial charge in [0.25, 0.3) is 0 Å². The highest BCUT2D eigenvalue weighted by Gasteiger charge is 2.23. The smallest absolute Gasteiger partial charge is 0.306 e. The lowest BCUT2D eigenvalue weighted by atomic mass is 9.97. The molecule has 0 aromatic heterocycles. The first-order valence-electron chi connectivity index (χ1n) is 9.28. The molecule has 0 radical (unpaired) electrons. The van der Waals surface area contributed by atoms with E-state index in [4.69, 9.17) is 9.47 Å². The Kier molecular flexibility index (Phi) is 7.99. The maximum Gasteiger partial charge on any atom is 0.306 e. The molecule has 0 spiro atoms. The summed E-state index contributed by atoms with van der Waals surface area (Å²) in [5, 5.41) is 20.1. The zero-order chi connectivity index (χ0) is 17.4. The number of esters is 2. The molecular formula is C18H30O6. The second-order valence-electron chi connectivity index (χ2n) is 7.05. The van der Waals surface area contributed by atoms with Crippen LogP contribution in [0.2, 0.25) is 0 Å². The van der Waals surface area contributed by atoms with Gasteiger partial charge in [-0.2, -0.15) is 0 Å². The van der Waals surface area contributed by atoms with E-state index >= 15 is 0 Å². The van der Waals surface area contributed by atoms with Gasteiger partial charge in [0.15, 0.2) is 0 Å². The van der Waals surface area contributed by atoms with Crippen molar-refractivity contribution in [2.24, 2.45) is 0 Å². The van der Waals surface area contributed by atoms with Crippen LogP contribution in [0, 0.1) is 0 Å². The molecular weight excluding hydrogens is 312 g/mol. The number of aliphatic hydroxyl groups excluding tert-OH is 2. The van der Waals surface area contributed by atoms with Gasteiger partial charge in [0.2, 0.25) is 0 Å². The quantitative estimate of drug-likeness (QED) is 0.624. The normalized spacial score (nSPS) is 27.2. The van der Waals surface area contributed by atoms with Crippen molar-refractivity contribution < 1.29 is 29.3 Å². The van der Waals surface area contributed by atoms with Gasteiger partial charge in [0.05, 0.1) is 12.2 Å². The van der Waals surface area contributed by atoms with Crippen molar-refractivity contribution in [3.8, 4) is 0 Å². The summed E-state index contributed by atoms with van der Waals surface area (Å²) in [5.41, 5.74) is 0. The van der Waals surface area contributed by atoms with Gasteiger partial charge in [0.1, 0.15) is 12.2 Å². The Morgan fingerprint density at radius 1 is 0.792 bits per heavy atom. The molecule has 4 unspecified atom stereocenters. The number of cyclic esters (lactones) is 2. The molecule has 2 N–H and O–H groups in total. The highest BCUT2D eigenvalue weighted by Crippen LogP contribution is 2.22. The fourth-order valence-electron chi connectivity index (χ4n) is 3.39. The van der Waals surface area contributed by atoms with Gasteiger partial charge < -0.3 is 19.7 Å². The first-order valence-corrected chi connectivity index (χ1v) is 9.28. The number of ether oxygens (including phenoxy) is 2. The minimum atomic E-state index is -0.479. The number of aliphatic hydroxyl groups is 2. The topological polar surface area (TPSA) is 93.1 Å². The summed E-state index contributed by atoms with van der Waals surface area (Å²) < 4.78 is 10.5. The van der Waals surface area contributed by atoms with Crippen molar-refractivity contribution in [3.05, 3.63) is 0 Å². The Balaban J connectivity index is 1.53. The maximum absolute atomic E-state index is 11.2. The molecule has 4 atom stereocenters. The van der Waals surface area contributed by atoms with E-state index in [0.717, 1.165) is 25.7 Å². The first kappa shape index (κ1) is 19.2. The number of carbonyl (C=O) groups excluding carboxylic acids is 2. The van der Waals surface area contributed by atoms with Crippen LogP contribution in [-0.4, -0.2) is 46.6 Å². The molecule has 0 amide bonds. The first-order chi connectivity index (χ1) is 11.5. The molecule has 6 nitrogen and oxygen atoms in total. The van der Waals surface area contributed by atoms with Gasteiger partial charge in [0, 0.05) is 12.8 Å². The van der Waals surface area contributed by atoms with Crippen molar-refractivity contribution in [2.75, 3.05) is 0 Å². The Labute approximate surface area is 143 Å². The van der Waals surface area contributed by atoms with Gasteiger partial charge >= 0.3 is 11.9 Å². The fourth-order valence-corrected chi connectivity index (χ4v) is 3.39. The Hall–Kier alpha value is -1.14. The van der Waals surface area contributed by atoms with Gasteiger partial charge in [-0.1, -0.05) is 0 Å². The fraction of sp³-hybridized carbons (Fsp3) is 0.889. The molecule has 0 aliphatic carbocycles. The molecule has 0 aromatic carbocycles. The number of rotatable bonds is 9. The summed E-state index contributed by atoms with van der Waals surface area (Å²) in [6.45, 7) is 0. The van der Waals surface area contributed by atoms with Crippen LogP contribution < -0.4 is 0 Å². The second kappa shape index (κ2) is 9.99. The molecule has 2 heterocycles. The molecule has 24 heavy (non-hydrogen) atoms. The van der Waals surface area contributed by atoms with Crippen LogP contribution in [0.3, 0.4) is 0 Å². The Morgan fingerprint density at radius 3 is 1.58 bits per heavy atom. The summed E-state index contributed by atoms with van der Waals surface area (Å²) in [5.74, 6) is -0.279. The van der Waals surface area contributed by atoms with E-state index in [1.165, 1.54) is 0 Å². The molecule has 2 rings (SSSR count). The van der Waals surface area contributed by atoms with Crippen LogP contribution >= 0.6 is 0 Å². The molecule has 138 valence electrons. The molecule has 2 aliphatic rings. The van der Waals surface area contributed by atoms with Crippen LogP contribution in [0.15, 0.2) is 0 Å². The van der Waals surface area contributed by atoms with Crippen LogP contribution in [-0.2, 0) is 19.1 Å². The average molecular weight is 342 g/mol. The van der Waals surface area contributed by atoms with Crippen molar-refractivity contribution in [1.29, 1.82) is 0 Å². The maximum atomic E-state index is 11.2. The van der Waals surface area contributed by atoms with Crippen molar-refractivity contribution >= 4 is 11.9 Å². The number of carbonyl (C=O) groups is 2. The lowest BCUT2D eigenvalue weighted by Gasteiger charge is -2.24. The van der Waals surface area contributed by atoms with Crippen molar-refractivity contribution in [3.63, 3.8) is 0 Å². The van der Waals surface area contributed by atoms with E-state index in [1.807, 2.05) is 0 Å². The van der Waals surface area contributed by atoms with E-state index < -0.39 is 12.2 Å². The van der Waals surface area contributed by atoms with E-state index in [-0.39, 0.29) is 24.1 Å². The zero-order valence-electron chi connectivity index (χ0n) is 14.3. The molecule has 2 fully saturated rings. The summed E-state index contributed by atoms with van der Waals surface area (Å²) in [6, 6.07) is 0. The number of hydrogen-bond donors (Lipinski definition) is 2. The van der Waals surface area contributed by atoms with Gasteiger partial charge in [-0.15, -0.1) is 0 Å². The van der Waals surface area contributed by atoms with Gasteiger partial charge in [-0.3, -0.25) is 9.59 Å². The largest absolute Gasteiger partial charge is 0.462 e. The lowest BCUT2D eigenvalue weighted by Crippen LogP contribution is -2.25. The van der Waals surface area contributed by atoms with Gasteiger partial charge in [-0.05, 0) is 64.2 Å². The number of hydrogen-bond acceptors (Lipinski definition) is 6. The molecule has 0 bridgehead atoms. The van der Waals surface area contributed by atoms with Crippen molar-refractivity contribution in [2.45, 2.75) is 101 Å². The Bertz CT molecular complexity index is 372. The summed E-state index contributed by atoms with van der Waals surface area (Å²) in [4.78, 5) is 22.4. The molecule has 6 heteroatoms. The standard InChI is InChI=1S/C18H30O6/c19-13(9-11-15-3-1-5-17(21)23-15)7-8-14(20)10-12-16-4-2-6-18(22)24-16/h13-16,19-20H,1-12H2. The second-order valence-corrected chi connectivity index (χ2v) is 7.05. The zero-order valence-corrected chi connectivity index (χ0v) is 14.3. The third-order valence-corrected chi connectivity index (χ3v) is 4.89. The highest BCUT2D eigenvalue weighted by molar-refractivity contribution is 5.70. The highest BCUT2D eigenvalue weighted by atomic mass is 16.5. The molecule has 0 saturated carbocycles. The average Bonchev–Trinajstić information content (AvgIpc) is 2.56. The van der Waals surface area contributed by atoms with E-state index in [2.05, 4.69) is 0 Å². The molecule has 2 aliphatic heterocycles. The minimum absolute atomic E-state index is 0.0631. The van der Waals surface area contributed by atoms with E-state index in [1.54, 1.807) is 0 Å². The van der Waals surface area contributed by atoms with E-state index in [0.29, 0.717) is 51.4 Å². The van der Waals surface area contributed by atoms with Crippen LogP contribution in [0.1, 0.15) is 77.0 Å². The molecule has 2 saturated heterocycles. The minimum Gasteiger partial charge on any atom is -0.462 e. The summed E-state index contributed by atoms with van der Waals surface area (Å²) in [6.07, 6.45) is 7.01. The monoisotopic (exact) mass is 342 g/mol. The predicted octanol–water partition coefficient (Wildman–Crippen LogP) is 2.24. The van der Waals surface area contributed by atoms with E-state index in [9.17, 15) is 19.8 Å². The van der Waals surface area contributed by atoms with Crippen LogP contribution in [0.4, 0.5) is 0 Å².